The Hall–Kier alpha value is -4.25. The monoisotopic (exact) mass is 409 g/mol. The molecule has 0 bridgehead atoms. The molecule has 150 valence electrons. The molecule has 4 nitrogen and oxygen atoms in total. The summed E-state index contributed by atoms with van der Waals surface area (Å²) in [4.78, 5) is 16.2. The first-order chi connectivity index (χ1) is 15.1. The number of nitrogens with zero attached hydrogens (tertiary/aromatic N) is 1. The van der Waals surface area contributed by atoms with Gasteiger partial charge in [-0.1, -0.05) is 36.4 Å². The number of carboxylic acids is 1. The molecule has 0 unspecified atom stereocenters. The molecule has 1 N–H and O–H groups in total. The first-order valence-electron chi connectivity index (χ1n) is 9.68. The summed E-state index contributed by atoms with van der Waals surface area (Å²) >= 11 is 0. The van der Waals surface area contributed by atoms with Gasteiger partial charge in [0.2, 0.25) is 0 Å². The lowest BCUT2D eigenvalue weighted by molar-refractivity contribution is 0.0699. The molecule has 0 spiro atoms. The van der Waals surface area contributed by atoms with Gasteiger partial charge in [-0.2, -0.15) is 0 Å². The second kappa shape index (κ2) is 7.54. The van der Waals surface area contributed by atoms with Crippen molar-refractivity contribution in [2.75, 3.05) is 0 Å². The highest BCUT2D eigenvalue weighted by atomic mass is 19.1. The standard InChI is InChI=1S/C26H16FNO3/c27-18-10-13-23-21(14-18)22(26(29)30)15-24(28-23)17-8-11-19(12-9-17)31-25-7-3-5-16-4-1-2-6-20(16)25/h1-15H,(H,29,30). The van der Waals surface area contributed by atoms with Crippen LogP contribution < -0.4 is 4.74 Å². The van der Waals surface area contributed by atoms with Gasteiger partial charge in [0.05, 0.1) is 16.8 Å². The minimum Gasteiger partial charge on any atom is -0.478 e. The summed E-state index contributed by atoms with van der Waals surface area (Å²) < 4.78 is 19.7. The Kier molecular flexibility index (Phi) is 4.56. The van der Waals surface area contributed by atoms with E-state index in [-0.39, 0.29) is 10.9 Å². The maximum atomic E-state index is 13.6. The van der Waals surface area contributed by atoms with Gasteiger partial charge in [-0.3, -0.25) is 0 Å². The molecule has 0 amide bonds. The van der Waals surface area contributed by atoms with Crippen molar-refractivity contribution in [3.05, 3.63) is 102 Å². The van der Waals surface area contributed by atoms with Crippen LogP contribution in [0, 0.1) is 5.82 Å². The van der Waals surface area contributed by atoms with Gasteiger partial charge in [0, 0.05) is 16.3 Å². The van der Waals surface area contributed by atoms with E-state index < -0.39 is 11.8 Å². The minimum absolute atomic E-state index is 0.00980. The zero-order valence-corrected chi connectivity index (χ0v) is 16.2. The summed E-state index contributed by atoms with van der Waals surface area (Å²) in [6.07, 6.45) is 0. The molecule has 0 fully saturated rings. The lowest BCUT2D eigenvalue weighted by Gasteiger charge is -2.10. The fourth-order valence-electron chi connectivity index (χ4n) is 3.63. The number of benzene rings is 4. The van der Waals surface area contributed by atoms with Crippen LogP contribution in [0.2, 0.25) is 0 Å². The molecule has 5 heteroatoms. The average Bonchev–Trinajstić information content (AvgIpc) is 2.79. The quantitative estimate of drug-likeness (QED) is 0.359. The lowest BCUT2D eigenvalue weighted by Crippen LogP contribution is -2.00. The second-order valence-corrected chi connectivity index (χ2v) is 7.13. The van der Waals surface area contributed by atoms with E-state index in [0.29, 0.717) is 17.0 Å². The normalized spacial score (nSPS) is 11.0. The number of rotatable bonds is 4. The zero-order chi connectivity index (χ0) is 21.4. The van der Waals surface area contributed by atoms with Crippen LogP contribution in [0.15, 0.2) is 91.0 Å². The lowest BCUT2D eigenvalue weighted by atomic mass is 10.0. The van der Waals surface area contributed by atoms with Crippen molar-refractivity contribution in [2.24, 2.45) is 0 Å². The van der Waals surface area contributed by atoms with Gasteiger partial charge in [-0.15, -0.1) is 0 Å². The predicted octanol–water partition coefficient (Wildman–Crippen LogP) is 6.68. The highest BCUT2D eigenvalue weighted by molar-refractivity contribution is 6.03. The fraction of sp³-hybridized carbons (Fsp3) is 0. The molecule has 0 aliphatic carbocycles. The number of carbonyl (C=O) groups is 1. The maximum absolute atomic E-state index is 13.6. The Labute approximate surface area is 177 Å². The molecule has 5 aromatic rings. The number of aromatic carboxylic acids is 1. The van der Waals surface area contributed by atoms with Crippen molar-refractivity contribution in [1.29, 1.82) is 0 Å². The van der Waals surface area contributed by atoms with Gasteiger partial charge in [0.15, 0.2) is 0 Å². The molecule has 0 saturated carbocycles. The van der Waals surface area contributed by atoms with E-state index in [0.717, 1.165) is 22.1 Å². The molecule has 5 rings (SSSR count). The maximum Gasteiger partial charge on any atom is 0.336 e. The Morgan fingerprint density at radius 1 is 0.839 bits per heavy atom. The van der Waals surface area contributed by atoms with Gasteiger partial charge in [0.25, 0.3) is 0 Å². The topological polar surface area (TPSA) is 59.4 Å². The number of fused-ring (bicyclic) bond motifs is 2. The van der Waals surface area contributed by atoms with E-state index in [2.05, 4.69) is 4.98 Å². The molecule has 1 heterocycles. The summed E-state index contributed by atoms with van der Waals surface area (Å²) in [5.41, 5.74) is 1.66. The Balaban J connectivity index is 1.51. The molecule has 0 aliphatic heterocycles. The molecule has 4 aromatic carbocycles. The molecule has 1 aromatic heterocycles. The molecule has 0 radical (unpaired) electrons. The van der Waals surface area contributed by atoms with Crippen molar-refractivity contribution >= 4 is 27.6 Å². The number of aromatic nitrogens is 1. The van der Waals surface area contributed by atoms with Crippen LogP contribution in [-0.4, -0.2) is 16.1 Å². The predicted molar refractivity (Wildman–Crippen MR) is 118 cm³/mol. The van der Waals surface area contributed by atoms with Crippen LogP contribution >= 0.6 is 0 Å². The molecular formula is C26H16FNO3. The number of hydrogen-bond acceptors (Lipinski definition) is 3. The Morgan fingerprint density at radius 2 is 1.61 bits per heavy atom. The largest absolute Gasteiger partial charge is 0.478 e. The van der Waals surface area contributed by atoms with Gasteiger partial charge < -0.3 is 9.84 Å². The Bertz CT molecular complexity index is 1440. The van der Waals surface area contributed by atoms with Crippen LogP contribution in [0.3, 0.4) is 0 Å². The highest BCUT2D eigenvalue weighted by Gasteiger charge is 2.14. The van der Waals surface area contributed by atoms with Gasteiger partial charge >= 0.3 is 5.97 Å². The smallest absolute Gasteiger partial charge is 0.336 e. The van der Waals surface area contributed by atoms with Gasteiger partial charge in [-0.05, 0) is 60.0 Å². The third-order valence-corrected chi connectivity index (χ3v) is 5.13. The second-order valence-electron chi connectivity index (χ2n) is 7.13. The molecule has 0 atom stereocenters. The minimum atomic E-state index is -1.13. The molecule has 0 saturated heterocycles. The summed E-state index contributed by atoms with van der Waals surface area (Å²) in [5, 5.41) is 11.9. The number of halogens is 1. The van der Waals surface area contributed by atoms with Gasteiger partial charge in [-0.25, -0.2) is 14.2 Å². The third kappa shape index (κ3) is 3.57. The molecule has 31 heavy (non-hydrogen) atoms. The van der Waals surface area contributed by atoms with E-state index >= 15 is 0 Å². The fourth-order valence-corrected chi connectivity index (χ4v) is 3.63. The number of ether oxygens (including phenoxy) is 1. The summed E-state index contributed by atoms with van der Waals surface area (Å²) in [5.74, 6) is -0.221. The van der Waals surface area contributed by atoms with Crippen LogP contribution in [0.1, 0.15) is 10.4 Å². The van der Waals surface area contributed by atoms with Crippen LogP contribution in [0.5, 0.6) is 11.5 Å². The van der Waals surface area contributed by atoms with E-state index in [4.69, 9.17) is 4.74 Å². The van der Waals surface area contributed by atoms with Crippen molar-refractivity contribution in [3.63, 3.8) is 0 Å². The first-order valence-corrected chi connectivity index (χ1v) is 9.68. The first kappa shape index (κ1) is 18.8. The van der Waals surface area contributed by atoms with Crippen molar-refractivity contribution in [1.82, 2.24) is 4.98 Å². The number of pyridine rings is 1. The van der Waals surface area contributed by atoms with Crippen LogP contribution in [-0.2, 0) is 0 Å². The summed E-state index contributed by atoms with van der Waals surface area (Å²) in [6, 6.07) is 26.6. The van der Waals surface area contributed by atoms with Crippen molar-refractivity contribution in [3.8, 4) is 22.8 Å². The van der Waals surface area contributed by atoms with Crippen molar-refractivity contribution < 1.29 is 19.0 Å². The Morgan fingerprint density at radius 3 is 2.42 bits per heavy atom. The molecular weight excluding hydrogens is 393 g/mol. The zero-order valence-electron chi connectivity index (χ0n) is 16.2. The van der Waals surface area contributed by atoms with Crippen molar-refractivity contribution in [2.45, 2.75) is 0 Å². The summed E-state index contributed by atoms with van der Waals surface area (Å²) in [7, 11) is 0. The van der Waals surface area contributed by atoms with E-state index in [9.17, 15) is 14.3 Å². The van der Waals surface area contributed by atoms with Gasteiger partial charge in [0.1, 0.15) is 17.3 Å². The highest BCUT2D eigenvalue weighted by Crippen LogP contribution is 2.32. The van der Waals surface area contributed by atoms with E-state index in [1.165, 1.54) is 24.3 Å². The molecule has 0 aliphatic rings. The summed E-state index contributed by atoms with van der Waals surface area (Å²) in [6.45, 7) is 0. The number of carboxylic acid groups (broad SMARTS) is 1. The van der Waals surface area contributed by atoms with E-state index in [1.54, 1.807) is 0 Å². The van der Waals surface area contributed by atoms with E-state index in [1.807, 2.05) is 66.7 Å². The number of hydrogen-bond donors (Lipinski definition) is 1. The third-order valence-electron chi connectivity index (χ3n) is 5.13. The SMILES string of the molecule is O=C(O)c1cc(-c2ccc(Oc3cccc4ccccc34)cc2)nc2ccc(F)cc12. The van der Waals surface area contributed by atoms with Crippen LogP contribution in [0.25, 0.3) is 32.9 Å². The van der Waals surface area contributed by atoms with Crippen LogP contribution in [0.4, 0.5) is 4.39 Å². The average molecular weight is 409 g/mol.